The molecule has 4 N–H and O–H groups in total. The van der Waals surface area contributed by atoms with Crippen LogP contribution in [0.5, 0.6) is 11.5 Å². The molecule has 2 aromatic heterocycles. The molecule has 4 amide bonds. The van der Waals surface area contributed by atoms with Gasteiger partial charge in [0, 0.05) is 46.2 Å². The van der Waals surface area contributed by atoms with Crippen LogP contribution in [0.3, 0.4) is 0 Å². The summed E-state index contributed by atoms with van der Waals surface area (Å²) in [6.07, 6.45) is -4.20. The minimum Gasteiger partial charge on any atom is -0.488 e. The highest BCUT2D eigenvalue weighted by atomic mass is 35.5. The van der Waals surface area contributed by atoms with Crippen LogP contribution < -0.4 is 20.1 Å². The van der Waals surface area contributed by atoms with Gasteiger partial charge in [-0.05, 0) is 36.1 Å². The molecule has 0 radical (unpaired) electrons. The number of ether oxygens (including phenoxy) is 4. The summed E-state index contributed by atoms with van der Waals surface area (Å²) in [4.78, 5) is 69.9. The lowest BCUT2D eigenvalue weighted by atomic mass is 9.87. The number of hydrogen-bond acceptors (Lipinski definition) is 10. The van der Waals surface area contributed by atoms with E-state index in [2.05, 4.69) is 20.6 Å². The quantitative estimate of drug-likeness (QED) is 0.126. The summed E-state index contributed by atoms with van der Waals surface area (Å²) in [5, 5.41) is 5.51. The second kappa shape index (κ2) is 16.9. The van der Waals surface area contributed by atoms with Crippen LogP contribution in [0.1, 0.15) is 75.4 Å². The van der Waals surface area contributed by atoms with E-state index < -0.39 is 60.5 Å². The van der Waals surface area contributed by atoms with E-state index in [1.807, 2.05) is 24.3 Å². The summed E-state index contributed by atoms with van der Waals surface area (Å²) in [6.45, 7) is 7.07. The number of hydrogen-bond donors (Lipinski definition) is 4. The molecule has 4 aliphatic rings. The largest absolute Gasteiger partial charge is 0.488 e. The smallest absolute Gasteiger partial charge is 0.407 e. The highest BCUT2D eigenvalue weighted by molar-refractivity contribution is 6.32. The second-order valence-corrected chi connectivity index (χ2v) is 17.3. The van der Waals surface area contributed by atoms with Crippen molar-refractivity contribution in [1.82, 2.24) is 40.4 Å². The van der Waals surface area contributed by atoms with Crippen LogP contribution in [0.2, 0.25) is 10.3 Å². The minimum absolute atomic E-state index is 0.0114. The number of rotatable bonds is 10. The topological polar surface area (TPSA) is 193 Å². The van der Waals surface area contributed by atoms with E-state index in [0.29, 0.717) is 45.7 Å². The van der Waals surface area contributed by atoms with E-state index in [1.54, 1.807) is 27.7 Å². The number of halogens is 4. The van der Waals surface area contributed by atoms with Crippen LogP contribution in [0, 0.1) is 11.8 Å². The van der Waals surface area contributed by atoms with Crippen LogP contribution in [0.4, 0.5) is 18.4 Å². The fraction of sp³-hybridized carbons (Fsp3) is 0.476. The van der Waals surface area contributed by atoms with Crippen LogP contribution in [0.25, 0.3) is 33.6 Å². The molecule has 0 saturated carbocycles. The first-order valence-electron chi connectivity index (χ1n) is 20.3. The van der Waals surface area contributed by atoms with Gasteiger partial charge in [-0.2, -0.15) is 0 Å². The third-order valence-corrected chi connectivity index (χ3v) is 12.3. The molecule has 0 spiro atoms. The Kier molecular flexibility index (Phi) is 11.7. The molecule has 330 valence electrons. The molecule has 2 fully saturated rings. The van der Waals surface area contributed by atoms with Crippen molar-refractivity contribution in [2.75, 3.05) is 27.3 Å². The molecule has 6 heterocycles. The number of benzene rings is 2. The van der Waals surface area contributed by atoms with E-state index in [9.17, 15) is 28.0 Å². The fourth-order valence-corrected chi connectivity index (χ4v) is 9.22. The Hall–Kier alpha value is -5.62. The molecule has 20 heteroatoms. The molecular formula is C42H46Cl2F2N8O8. The third-order valence-electron chi connectivity index (χ3n) is 11.8. The second-order valence-electron chi connectivity index (χ2n) is 16.6. The van der Waals surface area contributed by atoms with E-state index in [0.717, 1.165) is 22.3 Å². The van der Waals surface area contributed by atoms with Gasteiger partial charge in [-0.25, -0.2) is 28.3 Å². The van der Waals surface area contributed by atoms with E-state index in [1.165, 1.54) is 24.0 Å². The summed E-state index contributed by atoms with van der Waals surface area (Å²) in [5.41, 5.74) is 5.28. The number of nitrogens with zero attached hydrogens (tertiary/aromatic N) is 4. The molecule has 0 unspecified atom stereocenters. The van der Waals surface area contributed by atoms with Crippen LogP contribution in [0.15, 0.2) is 24.3 Å². The van der Waals surface area contributed by atoms with Gasteiger partial charge in [0.15, 0.2) is 0 Å². The lowest BCUT2D eigenvalue weighted by Crippen LogP contribution is -2.51. The zero-order valence-corrected chi connectivity index (χ0v) is 36.2. The van der Waals surface area contributed by atoms with Gasteiger partial charge in [-0.15, -0.1) is 0 Å². The molecule has 0 bridgehead atoms. The zero-order valence-electron chi connectivity index (χ0n) is 34.7. The Morgan fingerprint density at radius 3 is 1.45 bits per heavy atom. The SMILES string of the molecule is COC(=O)N[C@H](C(=O)N1C[C@@H](F)C[C@H]1c1nc(-c2cc3c4c(c2)OCc2cc(-c5nc([C@@H]6C[C@H](F)CN6C(=O)[C@@H](NC(=O)OC)C(C)C)[nH]c5Cl)cc(c2-4)OC3)c(Cl)[nH]1)C(C)C. The molecule has 6 atom stereocenters. The number of alkyl halides is 2. The molecule has 2 saturated heterocycles. The number of aromatic nitrogens is 4. The van der Waals surface area contributed by atoms with Crippen molar-refractivity contribution < 1.29 is 46.9 Å². The van der Waals surface area contributed by atoms with Crippen LogP contribution in [-0.4, -0.2) is 105 Å². The third kappa shape index (κ3) is 7.86. The van der Waals surface area contributed by atoms with Crippen molar-refractivity contribution >= 4 is 47.2 Å². The summed E-state index contributed by atoms with van der Waals surface area (Å²) in [7, 11) is 2.41. The van der Waals surface area contributed by atoms with E-state index >= 15 is 0 Å². The number of aromatic amines is 2. The number of carbonyl (C=O) groups excluding carboxylic acids is 4. The first kappa shape index (κ1) is 43.0. The number of imidazole rings is 2. The molecule has 4 aromatic rings. The number of amides is 4. The van der Waals surface area contributed by atoms with Crippen molar-refractivity contribution in [2.45, 2.75) is 90.3 Å². The fourth-order valence-electron chi connectivity index (χ4n) is 8.72. The van der Waals surface area contributed by atoms with Gasteiger partial charge in [0.1, 0.15) is 82.5 Å². The van der Waals surface area contributed by atoms with Crippen molar-refractivity contribution in [1.29, 1.82) is 0 Å². The van der Waals surface area contributed by atoms with Crippen molar-refractivity contribution in [2.24, 2.45) is 11.8 Å². The Morgan fingerprint density at radius 2 is 1.10 bits per heavy atom. The number of H-pyrrole nitrogens is 2. The molecule has 62 heavy (non-hydrogen) atoms. The number of alkyl carbamates (subject to hydrolysis) is 2. The van der Waals surface area contributed by atoms with Gasteiger partial charge in [-0.3, -0.25) is 9.59 Å². The minimum atomic E-state index is -1.32. The normalized spacial score (nSPS) is 21.0. The summed E-state index contributed by atoms with van der Waals surface area (Å²) < 4.78 is 52.1. The maximum Gasteiger partial charge on any atom is 0.407 e. The first-order valence-corrected chi connectivity index (χ1v) is 21.0. The predicted octanol–water partition coefficient (Wildman–Crippen LogP) is 7.21. The standard InChI is InChI=1S/C42H46Cl2F2N8O8/c1-17(2)31(49-41(57)59-5)39(55)53-13-23(45)11-25(53)37-47-33(35(43)51-37)19-7-21-15-62-28-10-20(8-22-16-61-27(9-19)29(21)30(22)28)34-36(44)52-38(48-34)26-12-24(46)14-54(26)40(56)32(18(3)4)50-42(58)60-6/h7-10,17-18,23-26,31-32H,11-16H2,1-6H3,(H,47,51)(H,48,52)(H,49,57)(H,50,58)/t23-,24-,25-,26-,31-,32-/m0/s1. The van der Waals surface area contributed by atoms with Gasteiger partial charge in [0.25, 0.3) is 0 Å². The average molecular weight is 900 g/mol. The van der Waals surface area contributed by atoms with Crippen molar-refractivity contribution in [3.63, 3.8) is 0 Å². The number of methoxy groups -OCH3 is 2. The average Bonchev–Trinajstić information content (AvgIpc) is 4.04. The van der Waals surface area contributed by atoms with Gasteiger partial charge in [0.2, 0.25) is 11.8 Å². The molecule has 16 nitrogen and oxygen atoms in total. The summed E-state index contributed by atoms with van der Waals surface area (Å²) >= 11 is 13.5. The maximum absolute atomic E-state index is 15.0. The van der Waals surface area contributed by atoms with Crippen LogP contribution >= 0.6 is 23.2 Å². The van der Waals surface area contributed by atoms with Crippen molar-refractivity contribution in [3.05, 3.63) is 57.3 Å². The van der Waals surface area contributed by atoms with E-state index in [-0.39, 0.29) is 61.3 Å². The Bertz CT molecular complexity index is 2230. The summed E-state index contributed by atoms with van der Waals surface area (Å²) in [6, 6.07) is 4.03. The summed E-state index contributed by atoms with van der Waals surface area (Å²) in [5.74, 6) is 0.216. The maximum atomic E-state index is 15.0. The molecule has 8 rings (SSSR count). The Balaban J connectivity index is 1.06. The van der Waals surface area contributed by atoms with Crippen LogP contribution in [-0.2, 0) is 32.3 Å². The zero-order chi connectivity index (χ0) is 44.3. The number of nitrogens with one attached hydrogen (secondary N) is 4. The van der Waals surface area contributed by atoms with E-state index in [4.69, 9.17) is 52.1 Å². The number of carbonyl (C=O) groups is 4. The van der Waals surface area contributed by atoms with Gasteiger partial charge >= 0.3 is 12.2 Å². The monoisotopic (exact) mass is 898 g/mol. The lowest BCUT2D eigenvalue weighted by molar-refractivity contribution is -0.136. The Labute approximate surface area is 365 Å². The van der Waals surface area contributed by atoms with Gasteiger partial charge in [-0.1, -0.05) is 50.9 Å². The van der Waals surface area contributed by atoms with Gasteiger partial charge in [0.05, 0.1) is 39.4 Å². The molecule has 0 aliphatic carbocycles. The lowest BCUT2D eigenvalue weighted by Gasteiger charge is -2.30. The highest BCUT2D eigenvalue weighted by Gasteiger charge is 2.44. The van der Waals surface area contributed by atoms with Crippen molar-refractivity contribution in [3.8, 4) is 45.1 Å². The molecule has 4 aliphatic heterocycles. The highest BCUT2D eigenvalue weighted by Crippen LogP contribution is 2.52. The van der Waals surface area contributed by atoms with Gasteiger partial charge < -0.3 is 49.3 Å². The predicted molar refractivity (Wildman–Crippen MR) is 222 cm³/mol. The number of likely N-dealkylation sites (tertiary alicyclic amines) is 2. The Morgan fingerprint density at radius 1 is 0.710 bits per heavy atom. The molecule has 2 aromatic carbocycles. The first-order chi connectivity index (χ1) is 29.6. The molecular weight excluding hydrogens is 853 g/mol.